The zero-order valence-corrected chi connectivity index (χ0v) is 63.4. The summed E-state index contributed by atoms with van der Waals surface area (Å²) in [6.45, 7) is 24.3. The van der Waals surface area contributed by atoms with Crippen molar-refractivity contribution in [1.82, 2.24) is 9.80 Å². The smallest absolute Gasteiger partial charge is 0.306 e. The summed E-state index contributed by atoms with van der Waals surface area (Å²) < 4.78 is 24.0. The number of hydrogen-bond acceptors (Lipinski definition) is 12. The Morgan fingerprint density at radius 2 is 0.821 bits per heavy atom. The summed E-state index contributed by atoms with van der Waals surface area (Å²) >= 11 is 0. The lowest BCUT2D eigenvalue weighted by Crippen LogP contribution is -2.28. The summed E-state index contributed by atoms with van der Waals surface area (Å²) in [4.78, 5) is 56.7. The van der Waals surface area contributed by atoms with Gasteiger partial charge in [-0.2, -0.15) is 0 Å². The minimum absolute atomic E-state index is 0.000315. The van der Waals surface area contributed by atoms with Crippen LogP contribution in [0.5, 0.6) is 0 Å². The van der Waals surface area contributed by atoms with Crippen LogP contribution in [0.2, 0.25) is 0 Å². The molecule has 4 rings (SSSR count). The van der Waals surface area contributed by atoms with Gasteiger partial charge in [0.25, 0.3) is 0 Å². The standard InChI is InChI=1S/C83H154N2O10/c1-8-12-27-43-70(44-28-13-9-2)50-60-92-78(88)46-30-19-15-23-34-52-84(56-38-40-58-86)54-36-25-17-21-32-48-80(90)94-76-66-72-64-74(67-75(76)65-72)73(42-11-4)63-71(45-29-14-10-3)51-61-93-79(89)47-31-20-16-24-35-53-85(57-39-41-59-87)55-37-26-18-22-33-49-81(91)95-77-62-69(5)82(6)68-83(77,82)7/h69-77,86-87H,8-68H2,1-7H3/t69-,71?,72?,73?,74?,75?,76?,77+,82?,83+/m1/s1. The molecule has 0 aromatic heterocycles. The summed E-state index contributed by atoms with van der Waals surface area (Å²) in [5.41, 5.74) is 0.555. The van der Waals surface area contributed by atoms with Crippen molar-refractivity contribution in [1.29, 1.82) is 0 Å². The fourth-order valence-corrected chi connectivity index (χ4v) is 17.6. The summed E-state index contributed by atoms with van der Waals surface area (Å²) in [5.74, 6) is 4.40. The number of rotatable bonds is 65. The number of ether oxygens (including phenoxy) is 4. The van der Waals surface area contributed by atoms with Crippen LogP contribution in [0.4, 0.5) is 0 Å². The number of esters is 4. The van der Waals surface area contributed by atoms with Crippen molar-refractivity contribution in [3.8, 4) is 0 Å². The van der Waals surface area contributed by atoms with E-state index in [1.165, 1.54) is 173 Å². The van der Waals surface area contributed by atoms with E-state index in [0.29, 0.717) is 85.7 Å². The van der Waals surface area contributed by atoms with E-state index in [-0.39, 0.29) is 54.7 Å². The van der Waals surface area contributed by atoms with Crippen LogP contribution in [0.3, 0.4) is 0 Å². The predicted octanol–water partition coefficient (Wildman–Crippen LogP) is 20.9. The number of fused-ring (bicyclic) bond motifs is 3. The average Bonchev–Trinajstić information content (AvgIpc) is 1.51. The molecule has 0 aliphatic heterocycles. The maximum Gasteiger partial charge on any atom is 0.306 e. The van der Waals surface area contributed by atoms with Crippen LogP contribution < -0.4 is 0 Å². The van der Waals surface area contributed by atoms with Gasteiger partial charge in [-0.25, -0.2) is 0 Å². The van der Waals surface area contributed by atoms with Crippen molar-refractivity contribution < 1.29 is 48.3 Å². The van der Waals surface area contributed by atoms with Gasteiger partial charge >= 0.3 is 23.9 Å². The van der Waals surface area contributed by atoms with Gasteiger partial charge in [0.1, 0.15) is 12.2 Å². The molecule has 0 aromatic rings. The van der Waals surface area contributed by atoms with Gasteiger partial charge in [-0.3, -0.25) is 19.2 Å². The van der Waals surface area contributed by atoms with Crippen LogP contribution in [-0.2, 0) is 38.1 Å². The van der Waals surface area contributed by atoms with E-state index in [4.69, 9.17) is 18.9 Å². The van der Waals surface area contributed by atoms with Crippen LogP contribution in [0.15, 0.2) is 0 Å². The minimum Gasteiger partial charge on any atom is -0.466 e. The van der Waals surface area contributed by atoms with Gasteiger partial charge in [-0.05, 0) is 221 Å². The normalized spacial score (nSPS) is 22.8. The Morgan fingerprint density at radius 3 is 1.24 bits per heavy atom. The van der Waals surface area contributed by atoms with Gasteiger partial charge in [0.05, 0.1) is 13.2 Å². The number of carbonyl (C=O) groups is 4. The average molecular weight is 1340 g/mol. The largest absolute Gasteiger partial charge is 0.466 e. The highest BCUT2D eigenvalue weighted by atomic mass is 16.6. The quantitative estimate of drug-likeness (QED) is 0.0339. The van der Waals surface area contributed by atoms with Crippen molar-refractivity contribution in [2.45, 2.75) is 388 Å². The lowest BCUT2D eigenvalue weighted by Gasteiger charge is -2.36. The van der Waals surface area contributed by atoms with E-state index in [1.807, 2.05) is 0 Å². The van der Waals surface area contributed by atoms with E-state index in [2.05, 4.69) is 58.3 Å². The van der Waals surface area contributed by atoms with Crippen LogP contribution in [0.1, 0.15) is 376 Å². The maximum absolute atomic E-state index is 13.3. The van der Waals surface area contributed by atoms with E-state index < -0.39 is 0 Å². The zero-order valence-electron chi connectivity index (χ0n) is 63.4. The monoisotopic (exact) mass is 1340 g/mol. The highest BCUT2D eigenvalue weighted by molar-refractivity contribution is 5.70. The van der Waals surface area contributed by atoms with Gasteiger partial charge in [-0.1, -0.05) is 215 Å². The first-order valence-corrected chi connectivity index (χ1v) is 41.6. The number of carbonyl (C=O) groups excluding carboxylic acids is 4. The van der Waals surface area contributed by atoms with Gasteiger partial charge in [0, 0.05) is 44.3 Å². The predicted molar refractivity (Wildman–Crippen MR) is 393 cm³/mol. The van der Waals surface area contributed by atoms with Gasteiger partial charge in [0.15, 0.2) is 0 Å². The highest BCUT2D eigenvalue weighted by Crippen LogP contribution is 2.75. The fourth-order valence-electron chi connectivity index (χ4n) is 17.6. The Kier molecular flexibility index (Phi) is 47.2. The molecule has 12 heteroatoms. The Balaban J connectivity index is 1.03. The van der Waals surface area contributed by atoms with Gasteiger partial charge in [0.2, 0.25) is 0 Å². The highest BCUT2D eigenvalue weighted by Gasteiger charge is 2.72. The van der Waals surface area contributed by atoms with Gasteiger partial charge in [-0.15, -0.1) is 0 Å². The molecule has 556 valence electrons. The second-order valence-corrected chi connectivity index (χ2v) is 32.1. The molecule has 2 N–H and O–H groups in total. The minimum atomic E-state index is -0.0311. The third-order valence-corrected chi connectivity index (χ3v) is 24.2. The van der Waals surface area contributed by atoms with E-state index >= 15 is 0 Å². The summed E-state index contributed by atoms with van der Waals surface area (Å²) in [5, 5.41) is 18.9. The molecule has 0 aromatic carbocycles. The van der Waals surface area contributed by atoms with Crippen molar-refractivity contribution in [2.24, 2.45) is 52.3 Å². The number of aliphatic hydroxyl groups excluding tert-OH is 2. The Hall–Kier alpha value is -2.28. The maximum atomic E-state index is 13.3. The van der Waals surface area contributed by atoms with Crippen molar-refractivity contribution >= 4 is 23.9 Å². The molecule has 4 aliphatic rings. The second-order valence-electron chi connectivity index (χ2n) is 32.1. The SMILES string of the molecule is CCCCCC(CCCCC)CCOC(=O)CCCCCCCN(CCCCO)CCCCCCCC(=O)OC1CC2CC(C(CCC)CC(CCCCC)CCOC(=O)CCCCCCCN(CCCCO)CCCCCCCC(=O)O[C@H]3C[C@@H](C)C4(C)C[C@@]34C)CC1C2. The molecule has 10 atom stereocenters. The molecule has 0 amide bonds. The van der Waals surface area contributed by atoms with E-state index in [1.54, 1.807) is 0 Å². The molecule has 0 spiro atoms. The van der Waals surface area contributed by atoms with Crippen LogP contribution >= 0.6 is 0 Å². The molecule has 0 radical (unpaired) electrons. The summed E-state index contributed by atoms with van der Waals surface area (Å²) in [6.07, 6.45) is 55.9. The summed E-state index contributed by atoms with van der Waals surface area (Å²) in [7, 11) is 0. The Labute approximate surface area is 585 Å². The first-order chi connectivity index (χ1) is 46.2. The van der Waals surface area contributed by atoms with Crippen molar-refractivity contribution in [3.05, 3.63) is 0 Å². The molecule has 0 heterocycles. The molecular formula is C83H154N2O10. The Bertz CT molecular complexity index is 1930. The molecule has 95 heavy (non-hydrogen) atoms. The third-order valence-electron chi connectivity index (χ3n) is 24.2. The topological polar surface area (TPSA) is 152 Å². The van der Waals surface area contributed by atoms with Crippen molar-refractivity contribution in [3.63, 3.8) is 0 Å². The van der Waals surface area contributed by atoms with Crippen LogP contribution in [0.25, 0.3) is 0 Å². The molecule has 0 saturated heterocycles. The molecule has 7 unspecified atom stereocenters. The lowest BCUT2D eigenvalue weighted by molar-refractivity contribution is -0.152. The van der Waals surface area contributed by atoms with Crippen LogP contribution in [-0.4, -0.2) is 122 Å². The molecule has 4 fully saturated rings. The number of nitrogens with zero attached hydrogens (tertiary/aromatic N) is 2. The Morgan fingerprint density at radius 1 is 0.411 bits per heavy atom. The third kappa shape index (κ3) is 36.2. The second kappa shape index (κ2) is 52.7. The fraction of sp³-hybridized carbons (Fsp3) is 0.952. The summed E-state index contributed by atoms with van der Waals surface area (Å²) in [6, 6.07) is 0. The molecule has 4 saturated carbocycles. The van der Waals surface area contributed by atoms with Crippen molar-refractivity contribution in [2.75, 3.05) is 65.7 Å². The molecule has 12 nitrogen and oxygen atoms in total. The molecule has 4 aliphatic carbocycles. The lowest BCUT2D eigenvalue weighted by atomic mass is 9.70. The number of unbranched alkanes of at least 4 members (excludes halogenated alkanes) is 24. The number of hydrogen-bond donors (Lipinski definition) is 2. The van der Waals surface area contributed by atoms with E-state index in [0.717, 1.165) is 168 Å². The number of aliphatic hydroxyl groups is 2. The van der Waals surface area contributed by atoms with E-state index in [9.17, 15) is 29.4 Å². The van der Waals surface area contributed by atoms with Gasteiger partial charge < -0.3 is 39.0 Å². The zero-order chi connectivity index (χ0) is 68.6. The first-order valence-electron chi connectivity index (χ1n) is 41.6. The molecular weight excluding hydrogens is 1180 g/mol. The van der Waals surface area contributed by atoms with Crippen LogP contribution in [0, 0.1) is 52.3 Å². The molecule has 2 bridgehead atoms. The first kappa shape index (κ1) is 85.1.